The van der Waals surface area contributed by atoms with Gasteiger partial charge in [-0.25, -0.2) is 0 Å². The van der Waals surface area contributed by atoms with Crippen LogP contribution in [-0.2, 0) is 6.54 Å². The minimum atomic E-state index is -0.0689. The third-order valence-corrected chi connectivity index (χ3v) is 3.41. The highest BCUT2D eigenvalue weighted by atomic mass is 32.1. The number of aliphatic hydroxyl groups is 1. The van der Waals surface area contributed by atoms with Gasteiger partial charge in [0.2, 0.25) is 5.13 Å². The smallest absolute Gasteiger partial charge is 0.203 e. The molecule has 0 aromatic carbocycles. The molecule has 84 valence electrons. The molecule has 1 saturated carbocycles. The highest BCUT2D eigenvalue weighted by Crippen LogP contribution is 2.28. The molecule has 1 aliphatic rings. The van der Waals surface area contributed by atoms with Crippen molar-refractivity contribution in [3.8, 4) is 0 Å². The van der Waals surface area contributed by atoms with Crippen LogP contribution in [0.15, 0.2) is 0 Å². The maximum atomic E-state index is 9.17. The van der Waals surface area contributed by atoms with Crippen LogP contribution in [0.1, 0.15) is 17.8 Å². The van der Waals surface area contributed by atoms with Crippen LogP contribution in [0.4, 0.5) is 5.13 Å². The van der Waals surface area contributed by atoms with Crippen molar-refractivity contribution in [2.75, 3.05) is 19.3 Å². The van der Waals surface area contributed by atoms with Gasteiger partial charge in [0.15, 0.2) is 0 Å². The monoisotopic (exact) mass is 228 g/mol. The van der Waals surface area contributed by atoms with E-state index in [1.165, 1.54) is 11.3 Å². The minimum absolute atomic E-state index is 0.0689. The van der Waals surface area contributed by atoms with E-state index in [1.54, 1.807) is 0 Å². The van der Waals surface area contributed by atoms with Gasteiger partial charge in [-0.05, 0) is 25.8 Å². The number of hydrogen-bond acceptors (Lipinski definition) is 6. The van der Waals surface area contributed by atoms with Crippen LogP contribution < -0.4 is 5.73 Å². The van der Waals surface area contributed by atoms with Crippen molar-refractivity contribution >= 4 is 16.5 Å². The van der Waals surface area contributed by atoms with Crippen LogP contribution >= 0.6 is 11.3 Å². The van der Waals surface area contributed by atoms with Crippen molar-refractivity contribution in [2.45, 2.75) is 25.5 Å². The van der Waals surface area contributed by atoms with Crippen molar-refractivity contribution < 1.29 is 5.11 Å². The van der Waals surface area contributed by atoms with Gasteiger partial charge >= 0.3 is 0 Å². The Balaban J connectivity index is 1.75. The predicted molar refractivity (Wildman–Crippen MR) is 59.4 cm³/mol. The fraction of sp³-hybridized carbons (Fsp3) is 0.778. The van der Waals surface area contributed by atoms with Crippen molar-refractivity contribution in [3.63, 3.8) is 0 Å². The summed E-state index contributed by atoms with van der Waals surface area (Å²) in [5, 5.41) is 18.4. The summed E-state index contributed by atoms with van der Waals surface area (Å²) in [6.45, 7) is 1.80. The van der Waals surface area contributed by atoms with E-state index in [9.17, 15) is 0 Å². The molecule has 1 fully saturated rings. The number of aliphatic hydroxyl groups excluding tert-OH is 1. The van der Waals surface area contributed by atoms with Crippen LogP contribution in [0.25, 0.3) is 0 Å². The van der Waals surface area contributed by atoms with Gasteiger partial charge < -0.3 is 10.8 Å². The molecule has 0 spiro atoms. The van der Waals surface area contributed by atoms with E-state index in [-0.39, 0.29) is 6.10 Å². The quantitative estimate of drug-likeness (QED) is 0.776. The first-order valence-electron chi connectivity index (χ1n) is 5.08. The zero-order chi connectivity index (χ0) is 10.8. The summed E-state index contributed by atoms with van der Waals surface area (Å²) in [7, 11) is 2.06. The molecule has 1 aliphatic carbocycles. The fourth-order valence-electron chi connectivity index (χ4n) is 1.92. The van der Waals surface area contributed by atoms with Crippen LogP contribution in [0, 0.1) is 5.92 Å². The highest BCUT2D eigenvalue weighted by molar-refractivity contribution is 7.15. The van der Waals surface area contributed by atoms with E-state index in [0.29, 0.717) is 11.0 Å². The fourth-order valence-corrected chi connectivity index (χ4v) is 2.61. The minimum Gasteiger partial charge on any atom is -0.393 e. The Morgan fingerprint density at radius 3 is 2.80 bits per heavy atom. The number of nitrogen functional groups attached to an aromatic ring is 1. The molecule has 0 bridgehead atoms. The van der Waals surface area contributed by atoms with Gasteiger partial charge in [-0.1, -0.05) is 11.3 Å². The Labute approximate surface area is 92.9 Å². The summed E-state index contributed by atoms with van der Waals surface area (Å²) >= 11 is 1.43. The number of aromatic nitrogens is 2. The lowest BCUT2D eigenvalue weighted by atomic mass is 9.82. The van der Waals surface area contributed by atoms with E-state index in [2.05, 4.69) is 22.1 Å². The molecule has 1 aromatic rings. The summed E-state index contributed by atoms with van der Waals surface area (Å²) in [5.41, 5.74) is 5.50. The summed E-state index contributed by atoms with van der Waals surface area (Å²) in [6, 6.07) is 0. The lowest BCUT2D eigenvalue weighted by molar-refractivity contribution is 0.0273. The first kappa shape index (κ1) is 10.8. The molecule has 1 aromatic heterocycles. The number of hydrogen-bond donors (Lipinski definition) is 2. The van der Waals surface area contributed by atoms with E-state index in [1.807, 2.05) is 0 Å². The van der Waals surface area contributed by atoms with Gasteiger partial charge in [-0.2, -0.15) is 0 Å². The molecular weight excluding hydrogens is 212 g/mol. The molecule has 3 N–H and O–H groups in total. The maximum Gasteiger partial charge on any atom is 0.203 e. The number of nitrogens with two attached hydrogens (primary N) is 1. The summed E-state index contributed by atoms with van der Waals surface area (Å²) in [4.78, 5) is 2.20. The van der Waals surface area contributed by atoms with Crippen LogP contribution in [0.3, 0.4) is 0 Å². The summed E-state index contributed by atoms with van der Waals surface area (Å²) in [6.07, 6.45) is 1.80. The Kier molecular flexibility index (Phi) is 3.18. The third-order valence-electron chi connectivity index (χ3n) is 2.67. The van der Waals surface area contributed by atoms with Crippen molar-refractivity contribution in [3.05, 3.63) is 5.01 Å². The van der Waals surface area contributed by atoms with Gasteiger partial charge in [-0.3, -0.25) is 4.90 Å². The van der Waals surface area contributed by atoms with Crippen molar-refractivity contribution in [1.29, 1.82) is 0 Å². The lowest BCUT2D eigenvalue weighted by Crippen LogP contribution is -2.36. The average molecular weight is 228 g/mol. The molecule has 6 heteroatoms. The topological polar surface area (TPSA) is 75.3 Å². The van der Waals surface area contributed by atoms with Gasteiger partial charge in [0.1, 0.15) is 5.01 Å². The van der Waals surface area contributed by atoms with Crippen LogP contribution in [0.5, 0.6) is 0 Å². The van der Waals surface area contributed by atoms with E-state index in [4.69, 9.17) is 10.8 Å². The molecule has 2 rings (SSSR count). The normalized spacial score (nSPS) is 25.5. The Hall–Kier alpha value is -0.720. The van der Waals surface area contributed by atoms with Gasteiger partial charge in [0.05, 0.1) is 12.6 Å². The molecule has 5 nitrogen and oxygen atoms in total. The molecule has 0 aliphatic heterocycles. The van der Waals surface area contributed by atoms with E-state index in [0.717, 1.165) is 30.9 Å². The van der Waals surface area contributed by atoms with E-state index < -0.39 is 0 Å². The predicted octanol–water partition coefficient (Wildman–Crippen LogP) is 0.323. The third kappa shape index (κ3) is 2.87. The second kappa shape index (κ2) is 4.42. The Morgan fingerprint density at radius 1 is 1.53 bits per heavy atom. The molecule has 0 amide bonds. The second-order valence-corrected chi connectivity index (χ2v) is 5.32. The maximum absolute atomic E-state index is 9.17. The van der Waals surface area contributed by atoms with Crippen LogP contribution in [0.2, 0.25) is 0 Å². The summed E-state index contributed by atoms with van der Waals surface area (Å²) < 4.78 is 0. The first-order valence-corrected chi connectivity index (χ1v) is 5.89. The number of nitrogens with zero attached hydrogens (tertiary/aromatic N) is 3. The zero-order valence-corrected chi connectivity index (χ0v) is 9.57. The van der Waals surface area contributed by atoms with Gasteiger partial charge in [0.25, 0.3) is 0 Å². The molecule has 0 radical (unpaired) electrons. The lowest BCUT2D eigenvalue weighted by Gasteiger charge is -2.34. The van der Waals surface area contributed by atoms with E-state index >= 15 is 0 Å². The number of anilines is 1. The molecule has 0 unspecified atom stereocenters. The van der Waals surface area contributed by atoms with Gasteiger partial charge in [-0.15, -0.1) is 10.2 Å². The molecule has 0 saturated heterocycles. The molecule has 1 heterocycles. The summed E-state index contributed by atoms with van der Waals surface area (Å²) in [5.74, 6) is 0.635. The number of rotatable bonds is 4. The molecular formula is C9H16N4OS. The van der Waals surface area contributed by atoms with Crippen molar-refractivity contribution in [1.82, 2.24) is 15.1 Å². The molecule has 0 atom stereocenters. The van der Waals surface area contributed by atoms with Crippen molar-refractivity contribution in [2.24, 2.45) is 5.92 Å². The Morgan fingerprint density at radius 2 is 2.27 bits per heavy atom. The SMILES string of the molecule is CN(Cc1nnc(N)s1)CC1CC(O)C1. The van der Waals surface area contributed by atoms with Crippen LogP contribution in [-0.4, -0.2) is 39.9 Å². The zero-order valence-electron chi connectivity index (χ0n) is 8.76. The first-order chi connectivity index (χ1) is 7.13. The largest absolute Gasteiger partial charge is 0.393 e. The highest BCUT2D eigenvalue weighted by Gasteiger charge is 2.27. The second-order valence-electron chi connectivity index (χ2n) is 4.22. The molecule has 15 heavy (non-hydrogen) atoms. The Bertz CT molecular complexity index is 324. The standard InChI is InChI=1S/C9H16N4OS/c1-13(4-6-2-7(14)3-6)5-8-11-12-9(10)15-8/h6-7,14H,2-5H2,1H3,(H2,10,12). The van der Waals surface area contributed by atoms with Gasteiger partial charge in [0, 0.05) is 6.54 Å². The average Bonchev–Trinajstić information content (AvgIpc) is 2.48.